The second kappa shape index (κ2) is 6.74. The van der Waals surface area contributed by atoms with Crippen LogP contribution in [0.15, 0.2) is 0 Å². The van der Waals surface area contributed by atoms with Gasteiger partial charge in [-0.15, -0.1) is 0 Å². The second-order valence-corrected chi connectivity index (χ2v) is 6.43. The minimum atomic E-state index is 0.0315. The highest BCUT2D eigenvalue weighted by molar-refractivity contribution is 7.34. The summed E-state index contributed by atoms with van der Waals surface area (Å²) in [7, 11) is 0.868. The molecule has 0 amide bonds. The topological polar surface area (TPSA) is 15.3 Å². The van der Waals surface area contributed by atoms with E-state index < -0.39 is 0 Å². The van der Waals surface area contributed by atoms with Crippen LogP contribution in [-0.2, 0) is 0 Å². The van der Waals surface area contributed by atoms with Crippen LogP contribution in [0.5, 0.6) is 0 Å². The van der Waals surface area contributed by atoms with Crippen LogP contribution in [-0.4, -0.2) is 36.2 Å². The summed E-state index contributed by atoms with van der Waals surface area (Å²) in [6.45, 7) is 13.4. The number of nitrogens with one attached hydrogen (secondary N) is 1. The number of nitrogens with zero attached hydrogens (tertiary/aromatic N) is 1. The minimum absolute atomic E-state index is 0.0315. The fraction of sp³-hybridized carbons (Fsp3) is 0.857. The Labute approximate surface area is 109 Å². The molecule has 98 valence electrons. The van der Waals surface area contributed by atoms with E-state index in [4.69, 9.17) is 0 Å². The lowest BCUT2D eigenvalue weighted by molar-refractivity contribution is 0.127. The third kappa shape index (κ3) is 4.96. The molecule has 0 spiro atoms. The third-order valence-electron chi connectivity index (χ3n) is 3.30. The van der Waals surface area contributed by atoms with Gasteiger partial charge in [0.25, 0.3) is 0 Å². The molecule has 0 bridgehead atoms. The van der Waals surface area contributed by atoms with Gasteiger partial charge in [-0.1, -0.05) is 34.4 Å². The van der Waals surface area contributed by atoms with E-state index in [1.165, 1.54) is 25.9 Å². The number of hydrogen-bond donors (Lipinski definition) is 1. The number of rotatable bonds is 3. The number of piperidine rings is 1. The normalized spacial score (nSPS) is 19.9. The molecule has 1 aliphatic heterocycles. The van der Waals surface area contributed by atoms with Crippen molar-refractivity contribution in [1.29, 1.82) is 0 Å². The zero-order chi connectivity index (χ0) is 12.9. The van der Waals surface area contributed by atoms with E-state index in [1.54, 1.807) is 0 Å². The van der Waals surface area contributed by atoms with E-state index in [-0.39, 0.29) is 5.54 Å². The first kappa shape index (κ1) is 15.0. The molecular weight excluding hydrogens is 227 g/mol. The van der Waals surface area contributed by atoms with E-state index >= 15 is 0 Å². The highest BCUT2D eigenvalue weighted by Crippen LogP contribution is 2.21. The molecule has 1 saturated heterocycles. The molecule has 0 radical (unpaired) electrons. The Balaban J connectivity index is 2.50. The van der Waals surface area contributed by atoms with Crippen molar-refractivity contribution in [1.82, 2.24) is 9.99 Å². The van der Waals surface area contributed by atoms with Crippen molar-refractivity contribution in [2.75, 3.05) is 19.8 Å². The van der Waals surface area contributed by atoms with Crippen molar-refractivity contribution < 1.29 is 0 Å². The Bertz CT molecular complexity index is 280. The molecule has 1 rings (SSSR count). The molecular formula is C14H27N2P. The summed E-state index contributed by atoms with van der Waals surface area (Å²) < 4.78 is 0. The van der Waals surface area contributed by atoms with Gasteiger partial charge in [-0.25, -0.2) is 0 Å². The van der Waals surface area contributed by atoms with Crippen molar-refractivity contribution in [2.24, 2.45) is 5.92 Å². The second-order valence-electron chi connectivity index (χ2n) is 5.64. The van der Waals surface area contributed by atoms with Crippen molar-refractivity contribution in [3.05, 3.63) is 0 Å². The van der Waals surface area contributed by atoms with E-state index in [2.05, 4.69) is 56.2 Å². The summed E-state index contributed by atoms with van der Waals surface area (Å²) in [6, 6.07) is 0.725. The summed E-state index contributed by atoms with van der Waals surface area (Å²) in [4.78, 5) is 2.53. The van der Waals surface area contributed by atoms with Crippen LogP contribution in [0.2, 0.25) is 0 Å². The largest absolute Gasteiger partial charge is 0.295 e. The lowest BCUT2D eigenvalue weighted by Gasteiger charge is -2.40. The van der Waals surface area contributed by atoms with Crippen molar-refractivity contribution in [3.63, 3.8) is 0 Å². The maximum absolute atomic E-state index is 3.57. The van der Waals surface area contributed by atoms with Gasteiger partial charge in [0.05, 0.1) is 5.54 Å². The van der Waals surface area contributed by atoms with E-state index in [9.17, 15) is 0 Å². The summed E-state index contributed by atoms with van der Waals surface area (Å²) in [5, 5.41) is 3.57. The molecule has 1 unspecified atom stereocenters. The molecule has 3 heteroatoms. The Kier molecular flexibility index (Phi) is 5.93. The zero-order valence-electron chi connectivity index (χ0n) is 11.9. The van der Waals surface area contributed by atoms with Crippen LogP contribution in [0.4, 0.5) is 0 Å². The van der Waals surface area contributed by atoms with Gasteiger partial charge in [0, 0.05) is 25.0 Å². The first-order chi connectivity index (χ1) is 7.95. The van der Waals surface area contributed by atoms with Gasteiger partial charge < -0.3 is 0 Å². The molecule has 0 aromatic heterocycles. The van der Waals surface area contributed by atoms with Crippen molar-refractivity contribution >= 4 is 8.73 Å². The maximum atomic E-state index is 3.57. The number of hydrogen-bond acceptors (Lipinski definition) is 2. The van der Waals surface area contributed by atoms with Gasteiger partial charge in [-0.05, 0) is 33.4 Å². The van der Waals surface area contributed by atoms with Crippen molar-refractivity contribution in [2.45, 2.75) is 52.1 Å². The lowest BCUT2D eigenvalue weighted by Crippen LogP contribution is -2.49. The van der Waals surface area contributed by atoms with Crippen LogP contribution >= 0.6 is 8.73 Å². The van der Waals surface area contributed by atoms with Crippen LogP contribution in [0.25, 0.3) is 0 Å². The fourth-order valence-electron chi connectivity index (χ4n) is 2.19. The molecule has 2 nitrogen and oxygen atoms in total. The molecule has 0 aromatic carbocycles. The van der Waals surface area contributed by atoms with Crippen LogP contribution in [0.1, 0.15) is 40.5 Å². The quantitative estimate of drug-likeness (QED) is 0.615. The Morgan fingerprint density at radius 3 is 2.35 bits per heavy atom. The molecule has 1 fully saturated rings. The van der Waals surface area contributed by atoms with Gasteiger partial charge >= 0.3 is 0 Å². The molecule has 0 saturated carbocycles. The smallest absolute Gasteiger partial charge is 0.0768 e. The number of likely N-dealkylation sites (tertiary alicyclic amines) is 1. The van der Waals surface area contributed by atoms with Gasteiger partial charge in [0.1, 0.15) is 0 Å². The molecule has 1 atom stereocenters. The van der Waals surface area contributed by atoms with Crippen molar-refractivity contribution in [3.8, 4) is 11.8 Å². The molecule has 1 N–H and O–H groups in total. The molecule has 0 aromatic rings. The minimum Gasteiger partial charge on any atom is -0.295 e. The summed E-state index contributed by atoms with van der Waals surface area (Å²) in [5.41, 5.74) is 0.0315. The first-order valence-electron chi connectivity index (χ1n) is 6.65. The lowest BCUT2D eigenvalue weighted by atomic mass is 9.96. The van der Waals surface area contributed by atoms with Crippen LogP contribution in [0, 0.1) is 17.8 Å². The fourth-order valence-corrected chi connectivity index (χ4v) is 2.88. The summed E-state index contributed by atoms with van der Waals surface area (Å²) >= 11 is 0. The Morgan fingerprint density at radius 1 is 1.29 bits per heavy atom. The monoisotopic (exact) mass is 254 g/mol. The first-order valence-corrected chi connectivity index (χ1v) is 8.15. The van der Waals surface area contributed by atoms with Gasteiger partial charge in [0.15, 0.2) is 0 Å². The highest BCUT2D eigenvalue weighted by atomic mass is 31.1. The van der Waals surface area contributed by atoms with Gasteiger partial charge in [-0.3, -0.25) is 9.99 Å². The van der Waals surface area contributed by atoms with E-state index in [0.29, 0.717) is 5.92 Å². The standard InChI is InChI=1S/C14H27N2P/c1-12(2)6-9-14(3,4)16-10-7-13(8-11-16)15-17-5/h12-13,15,17H,7-8,10-11H2,1-5H3. The van der Waals surface area contributed by atoms with Gasteiger partial charge in [-0.2, -0.15) is 0 Å². The predicted octanol–water partition coefficient (Wildman–Crippen LogP) is 2.70. The molecule has 1 aliphatic rings. The van der Waals surface area contributed by atoms with Crippen LogP contribution in [0.3, 0.4) is 0 Å². The highest BCUT2D eigenvalue weighted by Gasteiger charge is 2.28. The van der Waals surface area contributed by atoms with Crippen LogP contribution < -0.4 is 5.09 Å². The SMILES string of the molecule is CPNC1CCN(C(C)(C)C#CC(C)C)CC1. The van der Waals surface area contributed by atoms with E-state index in [1.807, 2.05) is 0 Å². The maximum Gasteiger partial charge on any atom is 0.0768 e. The zero-order valence-corrected chi connectivity index (χ0v) is 12.9. The Hall–Kier alpha value is -0.0900. The molecule has 17 heavy (non-hydrogen) atoms. The molecule has 0 aliphatic carbocycles. The van der Waals surface area contributed by atoms with Gasteiger partial charge in [0.2, 0.25) is 0 Å². The summed E-state index contributed by atoms with van der Waals surface area (Å²) in [5.74, 6) is 7.21. The average molecular weight is 254 g/mol. The third-order valence-corrected chi connectivity index (χ3v) is 4.00. The predicted molar refractivity (Wildman–Crippen MR) is 78.7 cm³/mol. The van der Waals surface area contributed by atoms with E-state index in [0.717, 1.165) is 14.8 Å². The summed E-state index contributed by atoms with van der Waals surface area (Å²) in [6.07, 6.45) is 2.52. The molecule has 1 heterocycles. The Morgan fingerprint density at radius 2 is 1.88 bits per heavy atom. The average Bonchev–Trinajstić information content (AvgIpc) is 2.28.